The molecule has 0 bridgehead atoms. The summed E-state index contributed by atoms with van der Waals surface area (Å²) in [6.45, 7) is 4.63. The van der Waals surface area contributed by atoms with Crippen LogP contribution in [0, 0.1) is 0 Å². The summed E-state index contributed by atoms with van der Waals surface area (Å²) in [5.41, 5.74) is 0.594. The van der Waals surface area contributed by atoms with E-state index in [1.807, 2.05) is 5.38 Å². The van der Waals surface area contributed by atoms with Crippen LogP contribution in [0.15, 0.2) is 22.6 Å². The third-order valence-corrected chi connectivity index (χ3v) is 3.72. The van der Waals surface area contributed by atoms with Gasteiger partial charge in [-0.3, -0.25) is 4.79 Å². The van der Waals surface area contributed by atoms with Crippen molar-refractivity contribution in [3.8, 4) is 0 Å². The van der Waals surface area contributed by atoms with E-state index in [0.717, 1.165) is 10.7 Å². The second-order valence-electron chi connectivity index (χ2n) is 3.98. The number of aromatic nitrogens is 3. The fourth-order valence-corrected chi connectivity index (χ4v) is 2.37. The van der Waals surface area contributed by atoms with Crippen LogP contribution in [0.3, 0.4) is 0 Å². The molecule has 2 aromatic rings. The Bertz CT molecular complexity index is 576. The Morgan fingerprint density at radius 1 is 1.53 bits per heavy atom. The monoisotopic (exact) mass is 269 g/mol. The molecule has 2 rings (SSSR count). The van der Waals surface area contributed by atoms with E-state index < -0.39 is 0 Å². The van der Waals surface area contributed by atoms with Gasteiger partial charge in [0.1, 0.15) is 0 Å². The molecule has 0 aromatic carbocycles. The van der Waals surface area contributed by atoms with Gasteiger partial charge in [-0.1, -0.05) is 25.4 Å². The topological polar surface area (TPSA) is 47.8 Å². The summed E-state index contributed by atoms with van der Waals surface area (Å²) in [5.74, 6) is 0.409. The molecular formula is C11H12ClN3OS. The fraction of sp³-hybridized carbons (Fsp3) is 0.364. The molecule has 0 unspecified atom stereocenters. The van der Waals surface area contributed by atoms with Gasteiger partial charge >= 0.3 is 0 Å². The molecule has 0 aliphatic rings. The summed E-state index contributed by atoms with van der Waals surface area (Å²) in [4.78, 5) is 19.9. The molecule has 90 valence electrons. The minimum atomic E-state index is -0.284. The van der Waals surface area contributed by atoms with E-state index >= 15 is 0 Å². The molecule has 0 aliphatic heterocycles. The number of halogens is 1. The molecule has 6 heteroatoms. The van der Waals surface area contributed by atoms with Crippen molar-refractivity contribution in [3.05, 3.63) is 44.0 Å². The lowest BCUT2D eigenvalue weighted by molar-refractivity contribution is 0.725. The zero-order valence-corrected chi connectivity index (χ0v) is 11.1. The molecule has 17 heavy (non-hydrogen) atoms. The Hall–Kier alpha value is -1.20. The van der Waals surface area contributed by atoms with Crippen LogP contribution in [-0.4, -0.2) is 14.5 Å². The van der Waals surface area contributed by atoms with Crippen LogP contribution in [0.4, 0.5) is 0 Å². The van der Waals surface area contributed by atoms with Gasteiger partial charge in [0.2, 0.25) is 0 Å². The third-order valence-electron chi connectivity index (χ3n) is 2.27. The maximum Gasteiger partial charge on any atom is 0.288 e. The van der Waals surface area contributed by atoms with Gasteiger partial charge in [0.25, 0.3) is 5.56 Å². The SMILES string of the molecule is CC(C)c1nc(Cn2ccnc(Cl)c2=O)cs1. The summed E-state index contributed by atoms with van der Waals surface area (Å²) < 4.78 is 1.51. The average Bonchev–Trinajstić information content (AvgIpc) is 2.73. The molecule has 0 N–H and O–H groups in total. The summed E-state index contributed by atoms with van der Waals surface area (Å²) in [7, 11) is 0. The van der Waals surface area contributed by atoms with Crippen molar-refractivity contribution in [2.45, 2.75) is 26.3 Å². The first-order chi connectivity index (χ1) is 8.08. The summed E-state index contributed by atoms with van der Waals surface area (Å²) in [5, 5.41) is 3.04. The predicted octanol–water partition coefficient (Wildman–Crippen LogP) is 2.52. The molecule has 0 amide bonds. The van der Waals surface area contributed by atoms with E-state index in [0.29, 0.717) is 12.5 Å². The highest BCUT2D eigenvalue weighted by Gasteiger charge is 2.08. The molecule has 0 atom stereocenters. The van der Waals surface area contributed by atoms with Gasteiger partial charge in [0.15, 0.2) is 5.15 Å². The molecular weight excluding hydrogens is 258 g/mol. The second kappa shape index (κ2) is 4.98. The predicted molar refractivity (Wildman–Crippen MR) is 68.8 cm³/mol. The highest BCUT2D eigenvalue weighted by molar-refractivity contribution is 7.09. The Kier molecular flexibility index (Phi) is 3.59. The van der Waals surface area contributed by atoms with Crippen molar-refractivity contribution >= 4 is 22.9 Å². The maximum absolute atomic E-state index is 11.7. The van der Waals surface area contributed by atoms with Crippen molar-refractivity contribution in [2.75, 3.05) is 0 Å². The number of hydrogen-bond acceptors (Lipinski definition) is 4. The zero-order valence-electron chi connectivity index (χ0n) is 9.55. The molecule has 4 nitrogen and oxygen atoms in total. The third kappa shape index (κ3) is 2.73. The van der Waals surface area contributed by atoms with E-state index in [9.17, 15) is 4.79 Å². The Morgan fingerprint density at radius 3 is 2.94 bits per heavy atom. The molecule has 0 aliphatic carbocycles. The Morgan fingerprint density at radius 2 is 2.29 bits per heavy atom. The maximum atomic E-state index is 11.7. The molecule has 0 fully saturated rings. The minimum absolute atomic E-state index is 0.00758. The van der Waals surface area contributed by atoms with Crippen LogP contribution in [0.1, 0.15) is 30.5 Å². The van der Waals surface area contributed by atoms with Crippen LogP contribution in [0.5, 0.6) is 0 Å². The highest BCUT2D eigenvalue weighted by atomic mass is 35.5. The van der Waals surface area contributed by atoms with Crippen LogP contribution in [-0.2, 0) is 6.54 Å². The van der Waals surface area contributed by atoms with Gasteiger partial charge < -0.3 is 4.57 Å². The van der Waals surface area contributed by atoms with Crippen LogP contribution >= 0.6 is 22.9 Å². The van der Waals surface area contributed by atoms with Gasteiger partial charge in [-0.15, -0.1) is 11.3 Å². The van der Waals surface area contributed by atoms with Crippen LogP contribution in [0.2, 0.25) is 5.15 Å². The van der Waals surface area contributed by atoms with Gasteiger partial charge in [0, 0.05) is 23.7 Å². The smallest absolute Gasteiger partial charge is 0.288 e. The number of thiazole rings is 1. The van der Waals surface area contributed by atoms with Gasteiger partial charge in [-0.05, 0) is 0 Å². The first-order valence-corrected chi connectivity index (χ1v) is 6.49. The van der Waals surface area contributed by atoms with E-state index in [2.05, 4.69) is 23.8 Å². The molecule has 0 saturated carbocycles. The number of hydrogen-bond donors (Lipinski definition) is 0. The van der Waals surface area contributed by atoms with Crippen LogP contribution < -0.4 is 5.56 Å². The van der Waals surface area contributed by atoms with Crippen molar-refractivity contribution in [1.29, 1.82) is 0 Å². The average molecular weight is 270 g/mol. The second-order valence-corrected chi connectivity index (χ2v) is 5.23. The van der Waals surface area contributed by atoms with Gasteiger partial charge in [-0.2, -0.15) is 0 Å². The zero-order chi connectivity index (χ0) is 12.4. The van der Waals surface area contributed by atoms with Crippen molar-refractivity contribution in [2.24, 2.45) is 0 Å². The largest absolute Gasteiger partial charge is 0.305 e. The highest BCUT2D eigenvalue weighted by Crippen LogP contribution is 2.19. The lowest BCUT2D eigenvalue weighted by Crippen LogP contribution is -2.21. The fourth-order valence-electron chi connectivity index (χ4n) is 1.38. The summed E-state index contributed by atoms with van der Waals surface area (Å²) in [6, 6.07) is 0. The van der Waals surface area contributed by atoms with Gasteiger partial charge in [-0.25, -0.2) is 9.97 Å². The first kappa shape index (κ1) is 12.3. The normalized spacial score (nSPS) is 11.1. The van der Waals surface area contributed by atoms with Gasteiger partial charge in [0.05, 0.1) is 17.2 Å². The van der Waals surface area contributed by atoms with E-state index in [4.69, 9.17) is 11.6 Å². The molecule has 2 heterocycles. The molecule has 0 saturated heterocycles. The van der Waals surface area contributed by atoms with Crippen molar-refractivity contribution in [3.63, 3.8) is 0 Å². The number of nitrogens with zero attached hydrogens (tertiary/aromatic N) is 3. The molecule has 0 radical (unpaired) electrons. The minimum Gasteiger partial charge on any atom is -0.305 e. The van der Waals surface area contributed by atoms with E-state index in [1.54, 1.807) is 17.5 Å². The standard InChI is InChI=1S/C11H12ClN3OS/c1-7(2)10-14-8(6-17-10)5-15-4-3-13-9(12)11(15)16/h3-4,6-7H,5H2,1-2H3. The first-order valence-electron chi connectivity index (χ1n) is 5.23. The van der Waals surface area contributed by atoms with Crippen LogP contribution in [0.25, 0.3) is 0 Å². The lowest BCUT2D eigenvalue weighted by Gasteiger charge is -2.02. The Labute approximate surface area is 108 Å². The molecule has 0 spiro atoms. The summed E-state index contributed by atoms with van der Waals surface area (Å²) >= 11 is 7.29. The quantitative estimate of drug-likeness (QED) is 0.860. The summed E-state index contributed by atoms with van der Waals surface area (Å²) in [6.07, 6.45) is 3.13. The molecule has 2 aromatic heterocycles. The lowest BCUT2D eigenvalue weighted by atomic mass is 10.2. The van der Waals surface area contributed by atoms with E-state index in [1.165, 1.54) is 10.8 Å². The van der Waals surface area contributed by atoms with Crippen molar-refractivity contribution in [1.82, 2.24) is 14.5 Å². The van der Waals surface area contributed by atoms with Crippen molar-refractivity contribution < 1.29 is 0 Å². The Balaban J connectivity index is 2.26. The number of rotatable bonds is 3. The van der Waals surface area contributed by atoms with E-state index in [-0.39, 0.29) is 10.7 Å².